The van der Waals surface area contributed by atoms with Crippen molar-refractivity contribution in [3.05, 3.63) is 66.7 Å². The summed E-state index contributed by atoms with van der Waals surface area (Å²) < 4.78 is 3.95. The van der Waals surface area contributed by atoms with Crippen molar-refractivity contribution < 1.29 is 4.79 Å². The molecule has 0 bridgehead atoms. The number of amides is 1. The lowest BCUT2D eigenvalue weighted by molar-refractivity contribution is -0.121. The van der Waals surface area contributed by atoms with Crippen LogP contribution in [0.5, 0.6) is 0 Å². The summed E-state index contributed by atoms with van der Waals surface area (Å²) in [6, 6.07) is 15.9. The molecular weight excluding hydrogens is 314 g/mol. The van der Waals surface area contributed by atoms with Gasteiger partial charge >= 0.3 is 0 Å². The number of fused-ring (bicyclic) bond motifs is 2. The molecule has 25 heavy (non-hydrogen) atoms. The lowest BCUT2D eigenvalue weighted by Crippen LogP contribution is -2.28. The van der Waals surface area contributed by atoms with E-state index in [4.69, 9.17) is 0 Å². The number of nitrogens with zero attached hydrogens (tertiary/aromatic N) is 4. The van der Waals surface area contributed by atoms with Gasteiger partial charge in [-0.3, -0.25) is 9.20 Å². The van der Waals surface area contributed by atoms with Crippen molar-refractivity contribution in [3.8, 4) is 0 Å². The second kappa shape index (κ2) is 6.76. The molecule has 0 aliphatic carbocycles. The highest BCUT2D eigenvalue weighted by atomic mass is 16.1. The Bertz CT molecular complexity index is 1020. The van der Waals surface area contributed by atoms with E-state index in [1.165, 1.54) is 0 Å². The minimum atomic E-state index is 0.0208. The van der Waals surface area contributed by atoms with E-state index in [2.05, 4.69) is 15.5 Å². The molecule has 0 spiro atoms. The lowest BCUT2D eigenvalue weighted by Gasteiger charge is -2.07. The van der Waals surface area contributed by atoms with Crippen LogP contribution in [0.15, 0.2) is 60.9 Å². The first-order valence-corrected chi connectivity index (χ1v) is 8.40. The molecule has 0 aliphatic rings. The highest BCUT2D eigenvalue weighted by Crippen LogP contribution is 2.14. The summed E-state index contributed by atoms with van der Waals surface area (Å²) in [6.45, 7) is 0.959. The van der Waals surface area contributed by atoms with Crippen LogP contribution in [0, 0.1) is 0 Å². The second-order valence-corrected chi connectivity index (χ2v) is 6.00. The van der Waals surface area contributed by atoms with Crippen molar-refractivity contribution in [2.24, 2.45) is 0 Å². The van der Waals surface area contributed by atoms with Crippen LogP contribution in [0.3, 0.4) is 0 Å². The number of carbonyl (C=O) groups excluding carboxylic acids is 1. The fraction of sp³-hybridized carbons (Fsp3) is 0.211. The molecular formula is C19H19N5O. The van der Waals surface area contributed by atoms with Crippen molar-refractivity contribution in [2.75, 3.05) is 6.54 Å². The summed E-state index contributed by atoms with van der Waals surface area (Å²) >= 11 is 0. The van der Waals surface area contributed by atoms with Gasteiger partial charge in [-0.2, -0.15) is 0 Å². The zero-order valence-corrected chi connectivity index (χ0v) is 13.8. The third-order valence-electron chi connectivity index (χ3n) is 4.28. The molecule has 0 radical (unpaired) electrons. The molecule has 0 saturated carbocycles. The number of nitrogens with one attached hydrogen (secondary N) is 1. The number of hydrogen-bond acceptors (Lipinski definition) is 3. The maximum atomic E-state index is 12.2. The number of rotatable bonds is 6. The summed E-state index contributed by atoms with van der Waals surface area (Å²) in [5, 5.41) is 12.5. The van der Waals surface area contributed by atoms with Crippen LogP contribution < -0.4 is 5.32 Å². The van der Waals surface area contributed by atoms with Crippen molar-refractivity contribution in [1.29, 1.82) is 0 Å². The topological polar surface area (TPSA) is 64.2 Å². The number of para-hydroxylation sites is 1. The minimum Gasteiger partial charge on any atom is -0.355 e. The number of aryl methyl sites for hydroxylation is 1. The van der Waals surface area contributed by atoms with Crippen LogP contribution in [0.2, 0.25) is 0 Å². The number of hydrogen-bond donors (Lipinski definition) is 1. The van der Waals surface area contributed by atoms with E-state index < -0.39 is 0 Å². The normalized spacial score (nSPS) is 11.2. The summed E-state index contributed by atoms with van der Waals surface area (Å²) in [4.78, 5) is 12.2. The van der Waals surface area contributed by atoms with Crippen molar-refractivity contribution >= 4 is 22.5 Å². The average Bonchev–Trinajstić information content (AvgIpc) is 3.24. The maximum Gasteiger partial charge on any atom is 0.239 e. The summed E-state index contributed by atoms with van der Waals surface area (Å²) in [6.07, 6.45) is 5.51. The van der Waals surface area contributed by atoms with Gasteiger partial charge in [0, 0.05) is 30.9 Å². The number of carbonyl (C=O) groups is 1. The standard InChI is InChI=1S/C19H19N5O/c25-19(14-23-13-10-15-6-1-2-7-16(15)23)20-11-5-9-18-22-21-17-8-3-4-12-24(17)18/h1-4,6-8,10,12-13H,5,9,11,14H2,(H,20,25). The van der Waals surface area contributed by atoms with Gasteiger partial charge < -0.3 is 9.88 Å². The zero-order chi connectivity index (χ0) is 17.1. The van der Waals surface area contributed by atoms with Crippen LogP contribution in [0.25, 0.3) is 16.6 Å². The molecule has 0 saturated heterocycles. The summed E-state index contributed by atoms with van der Waals surface area (Å²) in [5.74, 6) is 0.939. The van der Waals surface area contributed by atoms with E-state index in [0.29, 0.717) is 13.1 Å². The van der Waals surface area contributed by atoms with Crippen molar-refractivity contribution in [2.45, 2.75) is 19.4 Å². The third-order valence-corrected chi connectivity index (χ3v) is 4.28. The predicted molar refractivity (Wildman–Crippen MR) is 96.3 cm³/mol. The SMILES string of the molecule is O=C(Cn1ccc2ccccc21)NCCCc1nnc2ccccn12. The van der Waals surface area contributed by atoms with Crippen molar-refractivity contribution in [1.82, 2.24) is 24.5 Å². The van der Waals surface area contributed by atoms with Gasteiger partial charge in [-0.1, -0.05) is 24.3 Å². The second-order valence-electron chi connectivity index (χ2n) is 6.00. The molecule has 0 atom stereocenters. The van der Waals surface area contributed by atoms with Gasteiger partial charge in [-0.25, -0.2) is 0 Å². The number of pyridine rings is 1. The van der Waals surface area contributed by atoms with E-state index in [-0.39, 0.29) is 5.91 Å². The van der Waals surface area contributed by atoms with Gasteiger partial charge in [0.25, 0.3) is 0 Å². The van der Waals surface area contributed by atoms with Gasteiger partial charge in [0.05, 0.1) is 0 Å². The Morgan fingerprint density at radius 1 is 1.00 bits per heavy atom. The molecule has 1 N–H and O–H groups in total. The molecule has 6 heteroatoms. The first-order valence-electron chi connectivity index (χ1n) is 8.40. The lowest BCUT2D eigenvalue weighted by atomic mass is 10.2. The summed E-state index contributed by atoms with van der Waals surface area (Å²) in [7, 11) is 0. The van der Waals surface area contributed by atoms with E-state index in [1.807, 2.05) is 69.9 Å². The Balaban J connectivity index is 1.29. The quantitative estimate of drug-likeness (QED) is 0.551. The molecule has 0 fully saturated rings. The Labute approximate surface area is 145 Å². The number of benzene rings is 1. The smallest absolute Gasteiger partial charge is 0.239 e. The van der Waals surface area contributed by atoms with E-state index in [1.54, 1.807) is 0 Å². The fourth-order valence-electron chi connectivity index (χ4n) is 3.02. The molecule has 4 rings (SSSR count). The van der Waals surface area contributed by atoms with E-state index in [0.717, 1.165) is 35.2 Å². The van der Waals surface area contributed by atoms with Crippen molar-refractivity contribution in [3.63, 3.8) is 0 Å². The molecule has 6 nitrogen and oxygen atoms in total. The van der Waals surface area contributed by atoms with E-state index >= 15 is 0 Å². The Morgan fingerprint density at radius 2 is 1.88 bits per heavy atom. The molecule has 126 valence electrons. The van der Waals surface area contributed by atoms with Crippen LogP contribution in [-0.2, 0) is 17.8 Å². The predicted octanol–water partition coefficient (Wildman–Crippen LogP) is 2.43. The van der Waals surface area contributed by atoms with Gasteiger partial charge in [0.1, 0.15) is 12.4 Å². The van der Waals surface area contributed by atoms with E-state index in [9.17, 15) is 4.79 Å². The molecule has 3 heterocycles. The zero-order valence-electron chi connectivity index (χ0n) is 13.8. The average molecular weight is 333 g/mol. The van der Waals surface area contributed by atoms with Crippen LogP contribution >= 0.6 is 0 Å². The molecule has 1 aromatic carbocycles. The van der Waals surface area contributed by atoms with Crippen LogP contribution in [-0.4, -0.2) is 31.6 Å². The Hall–Kier alpha value is -3.15. The third kappa shape index (κ3) is 3.24. The largest absolute Gasteiger partial charge is 0.355 e. The van der Waals surface area contributed by atoms with Gasteiger partial charge in [-0.15, -0.1) is 10.2 Å². The minimum absolute atomic E-state index is 0.0208. The van der Waals surface area contributed by atoms with Gasteiger partial charge in [-0.05, 0) is 36.1 Å². The molecule has 0 aliphatic heterocycles. The van der Waals surface area contributed by atoms with Crippen LogP contribution in [0.1, 0.15) is 12.2 Å². The molecule has 4 aromatic rings. The summed E-state index contributed by atoms with van der Waals surface area (Å²) in [5.41, 5.74) is 1.92. The first kappa shape index (κ1) is 15.4. The molecule has 1 amide bonds. The van der Waals surface area contributed by atoms with Crippen LogP contribution in [0.4, 0.5) is 0 Å². The highest BCUT2D eigenvalue weighted by molar-refractivity contribution is 5.83. The first-order chi connectivity index (χ1) is 12.3. The van der Waals surface area contributed by atoms with Gasteiger partial charge in [0.2, 0.25) is 5.91 Å². The molecule has 3 aromatic heterocycles. The van der Waals surface area contributed by atoms with Gasteiger partial charge in [0.15, 0.2) is 5.65 Å². The molecule has 0 unspecified atom stereocenters. The Kier molecular flexibility index (Phi) is 4.16. The number of aromatic nitrogens is 4. The highest BCUT2D eigenvalue weighted by Gasteiger charge is 2.07. The fourth-order valence-corrected chi connectivity index (χ4v) is 3.02. The Morgan fingerprint density at radius 3 is 2.84 bits per heavy atom. The monoisotopic (exact) mass is 333 g/mol. The maximum absolute atomic E-state index is 12.2.